The van der Waals surface area contributed by atoms with Crippen LogP contribution in [-0.2, 0) is 14.3 Å². The fourth-order valence-corrected chi connectivity index (χ4v) is 1.28. The molecule has 0 aromatic heterocycles. The van der Waals surface area contributed by atoms with E-state index in [0.717, 1.165) is 0 Å². The standard InChI is InChI=1S/C9H12O3.C8H8/c1-3-4-7(2)9(10)12-6-8-5-11-8;1-2-8-6-4-3-5-7-8/h3-4,8H,1,5-6H2,2H3;2-7H,1H2/b7-4+;. The van der Waals surface area contributed by atoms with Crippen molar-refractivity contribution in [3.05, 3.63) is 66.8 Å². The van der Waals surface area contributed by atoms with E-state index >= 15 is 0 Å². The van der Waals surface area contributed by atoms with Gasteiger partial charge in [-0.05, 0) is 12.5 Å². The van der Waals surface area contributed by atoms with Crippen LogP contribution in [-0.4, -0.2) is 25.3 Å². The summed E-state index contributed by atoms with van der Waals surface area (Å²) in [6.07, 6.45) is 5.14. The second-order valence-corrected chi connectivity index (χ2v) is 4.25. The van der Waals surface area contributed by atoms with Gasteiger partial charge in [-0.3, -0.25) is 0 Å². The van der Waals surface area contributed by atoms with E-state index in [9.17, 15) is 4.79 Å². The van der Waals surface area contributed by atoms with Crippen molar-refractivity contribution in [1.82, 2.24) is 0 Å². The van der Waals surface area contributed by atoms with Crippen LogP contribution in [0, 0.1) is 0 Å². The van der Waals surface area contributed by atoms with Crippen molar-refractivity contribution in [2.24, 2.45) is 0 Å². The summed E-state index contributed by atoms with van der Waals surface area (Å²) in [6.45, 7) is 9.87. The van der Waals surface area contributed by atoms with Gasteiger partial charge in [-0.2, -0.15) is 0 Å². The molecule has 1 fully saturated rings. The van der Waals surface area contributed by atoms with Crippen LogP contribution in [0.5, 0.6) is 0 Å². The van der Waals surface area contributed by atoms with Crippen LogP contribution in [0.25, 0.3) is 6.08 Å². The monoisotopic (exact) mass is 272 g/mol. The number of esters is 1. The fraction of sp³-hybridized carbons (Fsp3) is 0.235. The Bertz CT molecular complexity index is 470. The minimum atomic E-state index is -0.301. The molecule has 1 heterocycles. The highest BCUT2D eigenvalue weighted by Gasteiger charge is 2.24. The first kappa shape index (κ1) is 15.9. The Kier molecular flexibility index (Phi) is 7.07. The molecule has 0 radical (unpaired) electrons. The van der Waals surface area contributed by atoms with Crippen LogP contribution in [0.3, 0.4) is 0 Å². The molecule has 1 aliphatic rings. The van der Waals surface area contributed by atoms with Gasteiger partial charge >= 0.3 is 5.97 Å². The van der Waals surface area contributed by atoms with Crippen LogP contribution in [0.1, 0.15) is 12.5 Å². The predicted octanol–water partition coefficient (Wildman–Crippen LogP) is 3.39. The third-order valence-corrected chi connectivity index (χ3v) is 2.53. The Morgan fingerprint density at radius 2 is 2.05 bits per heavy atom. The number of carbonyl (C=O) groups is 1. The Hall–Kier alpha value is -2.13. The largest absolute Gasteiger partial charge is 0.459 e. The molecule has 3 nitrogen and oxygen atoms in total. The Morgan fingerprint density at radius 3 is 2.50 bits per heavy atom. The van der Waals surface area contributed by atoms with Crippen LogP contribution < -0.4 is 0 Å². The van der Waals surface area contributed by atoms with E-state index in [1.165, 1.54) is 5.56 Å². The van der Waals surface area contributed by atoms with Gasteiger partial charge in [-0.25, -0.2) is 4.79 Å². The first-order valence-electron chi connectivity index (χ1n) is 6.43. The number of ether oxygens (including phenoxy) is 2. The number of rotatable bonds is 5. The molecule has 0 spiro atoms. The third kappa shape index (κ3) is 6.71. The molecule has 1 aromatic carbocycles. The fourth-order valence-electron chi connectivity index (χ4n) is 1.28. The van der Waals surface area contributed by atoms with E-state index in [4.69, 9.17) is 9.47 Å². The second kappa shape index (κ2) is 8.88. The third-order valence-electron chi connectivity index (χ3n) is 2.53. The number of benzene rings is 1. The van der Waals surface area contributed by atoms with Crippen molar-refractivity contribution in [2.45, 2.75) is 13.0 Å². The van der Waals surface area contributed by atoms with E-state index in [0.29, 0.717) is 18.8 Å². The van der Waals surface area contributed by atoms with E-state index in [-0.39, 0.29) is 12.1 Å². The summed E-state index contributed by atoms with van der Waals surface area (Å²) in [4.78, 5) is 11.1. The minimum absolute atomic E-state index is 0.130. The van der Waals surface area contributed by atoms with Gasteiger partial charge < -0.3 is 9.47 Å². The molecule has 0 bridgehead atoms. The van der Waals surface area contributed by atoms with Gasteiger partial charge in [-0.1, -0.05) is 61.7 Å². The van der Waals surface area contributed by atoms with Gasteiger partial charge in [0.15, 0.2) is 0 Å². The topological polar surface area (TPSA) is 38.8 Å². The summed E-state index contributed by atoms with van der Waals surface area (Å²) < 4.78 is 9.78. The van der Waals surface area contributed by atoms with Gasteiger partial charge in [0.1, 0.15) is 12.7 Å². The van der Waals surface area contributed by atoms with E-state index in [2.05, 4.69) is 13.2 Å². The zero-order valence-corrected chi connectivity index (χ0v) is 11.7. The molecular weight excluding hydrogens is 252 g/mol. The molecule has 0 saturated carbocycles. The lowest BCUT2D eigenvalue weighted by molar-refractivity contribution is -0.139. The van der Waals surface area contributed by atoms with Crippen LogP contribution >= 0.6 is 0 Å². The molecule has 1 aliphatic heterocycles. The number of hydrogen-bond acceptors (Lipinski definition) is 3. The molecule has 3 heteroatoms. The Morgan fingerprint density at radius 1 is 1.40 bits per heavy atom. The number of allylic oxidation sites excluding steroid dienone is 2. The summed E-state index contributed by atoms with van der Waals surface area (Å²) in [5, 5.41) is 0. The molecule has 0 amide bonds. The normalized spacial score (nSPS) is 16.4. The average Bonchev–Trinajstić information content (AvgIpc) is 3.30. The summed E-state index contributed by atoms with van der Waals surface area (Å²) >= 11 is 0. The molecule has 0 aliphatic carbocycles. The SMILES string of the molecule is C=C/C=C(\C)C(=O)OCC1CO1.C=Cc1ccccc1. The van der Waals surface area contributed by atoms with Crippen molar-refractivity contribution < 1.29 is 14.3 Å². The molecule has 20 heavy (non-hydrogen) atoms. The molecule has 0 N–H and O–H groups in total. The van der Waals surface area contributed by atoms with Crippen molar-refractivity contribution in [2.75, 3.05) is 13.2 Å². The van der Waals surface area contributed by atoms with Crippen molar-refractivity contribution in [3.8, 4) is 0 Å². The maximum absolute atomic E-state index is 11.1. The quantitative estimate of drug-likeness (QED) is 0.357. The molecule has 2 rings (SSSR count). The number of carbonyl (C=O) groups excluding carboxylic acids is 1. The molecule has 1 aromatic rings. The highest BCUT2D eigenvalue weighted by atomic mass is 16.6. The van der Waals surface area contributed by atoms with Gasteiger partial charge in [0.25, 0.3) is 0 Å². The first-order chi connectivity index (χ1) is 9.67. The van der Waals surface area contributed by atoms with E-state index < -0.39 is 0 Å². The molecule has 106 valence electrons. The van der Waals surface area contributed by atoms with Crippen LogP contribution in [0.4, 0.5) is 0 Å². The maximum Gasteiger partial charge on any atom is 0.333 e. The highest BCUT2D eigenvalue weighted by molar-refractivity contribution is 5.88. The number of epoxide rings is 1. The summed E-state index contributed by atoms with van der Waals surface area (Å²) in [5.41, 5.74) is 1.73. The van der Waals surface area contributed by atoms with Gasteiger partial charge in [0, 0.05) is 5.57 Å². The number of hydrogen-bond donors (Lipinski definition) is 0. The second-order valence-electron chi connectivity index (χ2n) is 4.25. The predicted molar refractivity (Wildman–Crippen MR) is 81.2 cm³/mol. The van der Waals surface area contributed by atoms with Crippen LogP contribution in [0.15, 0.2) is 61.2 Å². The zero-order chi connectivity index (χ0) is 14.8. The minimum Gasteiger partial charge on any atom is -0.459 e. The molecule has 1 unspecified atom stereocenters. The summed E-state index contributed by atoms with van der Waals surface area (Å²) in [5.74, 6) is -0.301. The molecule has 1 saturated heterocycles. The van der Waals surface area contributed by atoms with Gasteiger partial charge in [0.05, 0.1) is 6.61 Å². The smallest absolute Gasteiger partial charge is 0.333 e. The zero-order valence-electron chi connectivity index (χ0n) is 11.7. The lowest BCUT2D eigenvalue weighted by Gasteiger charge is -2.00. The summed E-state index contributed by atoms with van der Waals surface area (Å²) in [6, 6.07) is 10.0. The van der Waals surface area contributed by atoms with Gasteiger partial charge in [-0.15, -0.1) is 0 Å². The Labute approximate surface area is 120 Å². The Balaban J connectivity index is 0.000000217. The first-order valence-corrected chi connectivity index (χ1v) is 6.43. The lowest BCUT2D eigenvalue weighted by atomic mass is 10.2. The maximum atomic E-state index is 11.1. The van der Waals surface area contributed by atoms with E-state index in [1.807, 2.05) is 36.4 Å². The highest BCUT2D eigenvalue weighted by Crippen LogP contribution is 2.09. The average molecular weight is 272 g/mol. The lowest BCUT2D eigenvalue weighted by Crippen LogP contribution is -2.10. The van der Waals surface area contributed by atoms with Gasteiger partial charge in [0.2, 0.25) is 0 Å². The van der Waals surface area contributed by atoms with Crippen molar-refractivity contribution >= 4 is 12.0 Å². The molecule has 1 atom stereocenters. The molecular formula is C17H20O3. The van der Waals surface area contributed by atoms with E-state index in [1.54, 1.807) is 19.1 Å². The van der Waals surface area contributed by atoms with Crippen LogP contribution in [0.2, 0.25) is 0 Å². The van der Waals surface area contributed by atoms with Crippen molar-refractivity contribution in [1.29, 1.82) is 0 Å². The van der Waals surface area contributed by atoms with Crippen molar-refractivity contribution in [3.63, 3.8) is 0 Å². The summed E-state index contributed by atoms with van der Waals surface area (Å²) in [7, 11) is 0.